The number of benzene rings is 3. The van der Waals surface area contributed by atoms with Gasteiger partial charge in [0, 0.05) is 0 Å². The number of thioether (sulfide) groups is 1. The van der Waals surface area contributed by atoms with Gasteiger partial charge in [-0.25, -0.2) is 4.99 Å². The minimum absolute atomic E-state index is 0.0908. The van der Waals surface area contributed by atoms with Gasteiger partial charge in [-0.1, -0.05) is 30.3 Å². The first-order valence-corrected chi connectivity index (χ1v) is 11.3. The molecular weight excluding hydrogens is 436 g/mol. The van der Waals surface area contributed by atoms with Crippen molar-refractivity contribution in [2.75, 3.05) is 13.9 Å². The van der Waals surface area contributed by atoms with Crippen LogP contribution in [0.25, 0.3) is 6.08 Å². The fourth-order valence-corrected chi connectivity index (χ4v) is 4.64. The van der Waals surface area contributed by atoms with Crippen molar-refractivity contribution in [2.45, 2.75) is 13.5 Å². The SMILES string of the molecule is COc1cccc(CN2C(=O)/C(=C\c3ccc4c(c3)OCO4)SC2=Nc2cccc(C)c2)c1. The van der Waals surface area contributed by atoms with Crippen LogP contribution in [0.15, 0.2) is 76.6 Å². The maximum atomic E-state index is 13.4. The molecular formula is C26H22N2O4S. The van der Waals surface area contributed by atoms with Crippen molar-refractivity contribution >= 4 is 34.6 Å². The van der Waals surface area contributed by atoms with Crippen LogP contribution < -0.4 is 14.2 Å². The molecule has 0 spiro atoms. The van der Waals surface area contributed by atoms with Crippen molar-refractivity contribution in [1.82, 2.24) is 4.90 Å². The standard InChI is InChI=1S/C26H22N2O4S/c1-17-5-3-7-20(11-17)27-26-28(15-19-6-4-8-21(12-19)30-2)25(29)24(33-26)14-18-9-10-22-23(13-18)32-16-31-22/h3-14H,15-16H2,1-2H3/b24-14+,27-26?. The van der Waals surface area contributed by atoms with Gasteiger partial charge >= 0.3 is 0 Å². The molecule has 0 unspecified atom stereocenters. The quantitative estimate of drug-likeness (QED) is 0.470. The van der Waals surface area contributed by atoms with Crippen LogP contribution in [0.2, 0.25) is 0 Å². The Balaban J connectivity index is 1.50. The summed E-state index contributed by atoms with van der Waals surface area (Å²) >= 11 is 1.37. The van der Waals surface area contributed by atoms with Crippen molar-refractivity contribution < 1.29 is 19.0 Å². The average Bonchev–Trinajstić information content (AvgIpc) is 3.39. The predicted molar refractivity (Wildman–Crippen MR) is 130 cm³/mol. The van der Waals surface area contributed by atoms with E-state index in [4.69, 9.17) is 19.2 Å². The van der Waals surface area contributed by atoms with Gasteiger partial charge in [-0.05, 0) is 77.9 Å². The Bertz CT molecular complexity index is 1280. The Morgan fingerprint density at radius 1 is 1.06 bits per heavy atom. The van der Waals surface area contributed by atoms with E-state index in [1.54, 1.807) is 12.0 Å². The predicted octanol–water partition coefficient (Wildman–Crippen LogP) is 5.54. The number of hydrogen-bond acceptors (Lipinski definition) is 6. The number of carbonyl (C=O) groups excluding carboxylic acids is 1. The molecule has 0 atom stereocenters. The summed E-state index contributed by atoms with van der Waals surface area (Å²) in [6.45, 7) is 2.63. The first kappa shape index (κ1) is 21.2. The lowest BCUT2D eigenvalue weighted by atomic mass is 10.1. The van der Waals surface area contributed by atoms with E-state index in [0.29, 0.717) is 28.1 Å². The van der Waals surface area contributed by atoms with Crippen LogP contribution in [-0.4, -0.2) is 29.9 Å². The van der Waals surface area contributed by atoms with Gasteiger partial charge < -0.3 is 14.2 Å². The number of hydrogen-bond donors (Lipinski definition) is 0. The Kier molecular flexibility index (Phi) is 5.79. The normalized spacial score (nSPS) is 17.3. The monoisotopic (exact) mass is 458 g/mol. The van der Waals surface area contributed by atoms with Gasteiger partial charge in [0.15, 0.2) is 16.7 Å². The number of rotatable bonds is 5. The first-order valence-electron chi connectivity index (χ1n) is 10.5. The number of ether oxygens (including phenoxy) is 3. The Labute approximate surface area is 196 Å². The molecule has 1 saturated heterocycles. The summed E-state index contributed by atoms with van der Waals surface area (Å²) in [5, 5.41) is 0.639. The Morgan fingerprint density at radius 2 is 1.91 bits per heavy atom. The fraction of sp³-hybridized carbons (Fsp3) is 0.154. The lowest BCUT2D eigenvalue weighted by molar-refractivity contribution is -0.122. The Morgan fingerprint density at radius 3 is 2.76 bits per heavy atom. The van der Waals surface area contributed by atoms with E-state index >= 15 is 0 Å². The van der Waals surface area contributed by atoms with Gasteiger partial charge in [0.2, 0.25) is 6.79 Å². The number of fused-ring (bicyclic) bond motifs is 1. The second-order valence-corrected chi connectivity index (χ2v) is 8.71. The summed E-state index contributed by atoms with van der Waals surface area (Å²) < 4.78 is 16.2. The highest BCUT2D eigenvalue weighted by atomic mass is 32.2. The molecule has 0 saturated carbocycles. The number of aryl methyl sites for hydroxylation is 1. The topological polar surface area (TPSA) is 60.4 Å². The van der Waals surface area contributed by atoms with Crippen LogP contribution in [0.4, 0.5) is 5.69 Å². The van der Waals surface area contributed by atoms with Gasteiger partial charge in [-0.2, -0.15) is 0 Å². The molecule has 166 valence electrons. The number of amidine groups is 1. The summed E-state index contributed by atoms with van der Waals surface area (Å²) in [5.41, 5.74) is 3.75. The van der Waals surface area contributed by atoms with Crippen molar-refractivity contribution in [3.63, 3.8) is 0 Å². The third-order valence-corrected chi connectivity index (χ3v) is 6.29. The first-order chi connectivity index (χ1) is 16.1. The molecule has 0 radical (unpaired) electrons. The van der Waals surface area contributed by atoms with E-state index in [9.17, 15) is 4.79 Å². The molecule has 5 rings (SSSR count). The molecule has 0 aliphatic carbocycles. The number of methoxy groups -OCH3 is 1. The zero-order valence-electron chi connectivity index (χ0n) is 18.3. The molecule has 3 aromatic rings. The summed E-state index contributed by atoms with van der Waals surface area (Å²) in [6, 6.07) is 21.3. The van der Waals surface area contributed by atoms with E-state index in [-0.39, 0.29) is 12.7 Å². The minimum atomic E-state index is -0.0908. The Hall–Kier alpha value is -3.71. The number of carbonyl (C=O) groups is 1. The van der Waals surface area contributed by atoms with Crippen LogP contribution in [0, 0.1) is 6.92 Å². The molecule has 1 amide bonds. The molecule has 6 nitrogen and oxygen atoms in total. The van der Waals surface area contributed by atoms with Crippen LogP contribution in [0.5, 0.6) is 17.2 Å². The van der Waals surface area contributed by atoms with Crippen LogP contribution in [0.1, 0.15) is 16.7 Å². The van der Waals surface area contributed by atoms with Gasteiger partial charge in [-0.15, -0.1) is 0 Å². The molecule has 2 aliphatic heterocycles. The maximum Gasteiger partial charge on any atom is 0.267 e. The summed E-state index contributed by atoms with van der Waals surface area (Å²) in [6.07, 6.45) is 1.87. The van der Waals surface area contributed by atoms with Crippen LogP contribution in [0.3, 0.4) is 0 Å². The number of nitrogens with zero attached hydrogens (tertiary/aromatic N) is 2. The van der Waals surface area contributed by atoms with E-state index in [2.05, 4.69) is 0 Å². The number of amides is 1. The van der Waals surface area contributed by atoms with Crippen LogP contribution >= 0.6 is 11.8 Å². The average molecular weight is 459 g/mol. The lowest BCUT2D eigenvalue weighted by Crippen LogP contribution is -2.28. The second-order valence-electron chi connectivity index (χ2n) is 7.70. The summed E-state index contributed by atoms with van der Waals surface area (Å²) in [4.78, 5) is 20.6. The van der Waals surface area contributed by atoms with Crippen molar-refractivity contribution in [3.05, 3.63) is 88.3 Å². The molecule has 0 N–H and O–H groups in total. The third kappa shape index (κ3) is 4.59. The lowest BCUT2D eigenvalue weighted by Gasteiger charge is -2.16. The minimum Gasteiger partial charge on any atom is -0.497 e. The van der Waals surface area contributed by atoms with Gasteiger partial charge in [0.05, 0.1) is 24.2 Å². The fourth-order valence-electron chi connectivity index (χ4n) is 3.65. The van der Waals surface area contributed by atoms with E-state index in [1.807, 2.05) is 79.7 Å². The highest BCUT2D eigenvalue weighted by molar-refractivity contribution is 8.18. The molecule has 0 aromatic heterocycles. The maximum absolute atomic E-state index is 13.4. The third-order valence-electron chi connectivity index (χ3n) is 5.28. The molecule has 33 heavy (non-hydrogen) atoms. The van der Waals surface area contributed by atoms with E-state index < -0.39 is 0 Å². The second kappa shape index (κ2) is 9.03. The van der Waals surface area contributed by atoms with E-state index in [0.717, 1.165) is 28.1 Å². The highest BCUT2D eigenvalue weighted by Gasteiger charge is 2.33. The van der Waals surface area contributed by atoms with Crippen molar-refractivity contribution in [3.8, 4) is 17.2 Å². The van der Waals surface area contributed by atoms with E-state index in [1.165, 1.54) is 11.8 Å². The van der Waals surface area contributed by atoms with Gasteiger partial charge in [0.1, 0.15) is 5.75 Å². The van der Waals surface area contributed by atoms with Crippen LogP contribution in [-0.2, 0) is 11.3 Å². The largest absolute Gasteiger partial charge is 0.497 e. The molecule has 2 aliphatic rings. The molecule has 7 heteroatoms. The zero-order chi connectivity index (χ0) is 22.8. The number of aliphatic imine (C=N–C) groups is 1. The smallest absolute Gasteiger partial charge is 0.267 e. The molecule has 2 heterocycles. The molecule has 3 aromatic carbocycles. The summed E-state index contributed by atoms with van der Waals surface area (Å²) in [7, 11) is 1.63. The zero-order valence-corrected chi connectivity index (χ0v) is 19.1. The highest BCUT2D eigenvalue weighted by Crippen LogP contribution is 2.38. The summed E-state index contributed by atoms with van der Waals surface area (Å²) in [5.74, 6) is 2.05. The molecule has 0 bridgehead atoms. The van der Waals surface area contributed by atoms with Crippen molar-refractivity contribution in [2.24, 2.45) is 4.99 Å². The van der Waals surface area contributed by atoms with Gasteiger partial charge in [0.25, 0.3) is 5.91 Å². The molecule has 1 fully saturated rings. The van der Waals surface area contributed by atoms with Crippen molar-refractivity contribution in [1.29, 1.82) is 0 Å². The van der Waals surface area contributed by atoms with Gasteiger partial charge in [-0.3, -0.25) is 9.69 Å².